The number of nitrogens with two attached hydrogens (primary N) is 1. The summed E-state index contributed by atoms with van der Waals surface area (Å²) in [7, 11) is 0. The molecular formula is C8H4FN3. The summed E-state index contributed by atoms with van der Waals surface area (Å²) in [5.41, 5.74) is 5.56. The predicted molar refractivity (Wildman–Crippen MR) is 41.1 cm³/mol. The van der Waals surface area contributed by atoms with Gasteiger partial charge in [-0.05, 0) is 12.0 Å². The average molecular weight is 161 g/mol. The number of hydrogen-bond acceptors (Lipinski definition) is 3. The molecule has 58 valence electrons. The van der Waals surface area contributed by atoms with Gasteiger partial charge < -0.3 is 5.73 Å². The van der Waals surface area contributed by atoms with Crippen LogP contribution in [-0.2, 0) is 0 Å². The Balaban J connectivity index is 3.07. The molecule has 0 bridgehead atoms. The molecule has 0 aliphatic rings. The fourth-order valence-electron chi connectivity index (χ4n) is 0.634. The van der Waals surface area contributed by atoms with E-state index in [1.54, 1.807) is 6.07 Å². The van der Waals surface area contributed by atoms with Gasteiger partial charge in [0, 0.05) is 17.7 Å². The van der Waals surface area contributed by atoms with Crippen LogP contribution in [0.1, 0.15) is 5.56 Å². The number of nitriles is 1. The normalized spacial score (nSPS) is 8.00. The van der Waals surface area contributed by atoms with Gasteiger partial charge in [-0.25, -0.2) is 4.98 Å². The lowest BCUT2D eigenvalue weighted by Crippen LogP contribution is -1.94. The van der Waals surface area contributed by atoms with E-state index < -0.39 is 5.95 Å². The minimum Gasteiger partial charge on any atom is -0.395 e. The Kier molecular flexibility index (Phi) is 2.25. The number of rotatable bonds is 0. The zero-order valence-electron chi connectivity index (χ0n) is 6.00. The molecule has 0 atom stereocenters. The molecule has 12 heavy (non-hydrogen) atoms. The van der Waals surface area contributed by atoms with E-state index in [2.05, 4.69) is 16.8 Å². The third-order valence-electron chi connectivity index (χ3n) is 1.13. The van der Waals surface area contributed by atoms with Crippen LogP contribution in [0.2, 0.25) is 0 Å². The highest BCUT2D eigenvalue weighted by molar-refractivity contribution is 5.46. The fourth-order valence-corrected chi connectivity index (χ4v) is 0.634. The monoisotopic (exact) mass is 161 g/mol. The fraction of sp³-hybridized carbons (Fsp3) is 0. The lowest BCUT2D eigenvalue weighted by Gasteiger charge is -1.93. The maximum absolute atomic E-state index is 12.5. The van der Waals surface area contributed by atoms with Gasteiger partial charge in [0.1, 0.15) is 0 Å². The van der Waals surface area contributed by atoms with Crippen LogP contribution in [0.25, 0.3) is 0 Å². The Labute approximate surface area is 68.6 Å². The molecule has 0 aliphatic heterocycles. The molecule has 4 heteroatoms. The van der Waals surface area contributed by atoms with Crippen LogP contribution >= 0.6 is 0 Å². The molecule has 0 saturated heterocycles. The van der Waals surface area contributed by atoms with Crippen LogP contribution in [0, 0.1) is 29.1 Å². The molecule has 1 aromatic heterocycles. The van der Waals surface area contributed by atoms with Gasteiger partial charge in [0.05, 0.1) is 5.69 Å². The predicted octanol–water partition coefficient (Wildman–Crippen LogP) is 0.678. The third kappa shape index (κ3) is 1.71. The first-order valence-corrected chi connectivity index (χ1v) is 3.05. The van der Waals surface area contributed by atoms with Gasteiger partial charge in [0.25, 0.3) is 0 Å². The van der Waals surface area contributed by atoms with Crippen molar-refractivity contribution >= 4 is 5.69 Å². The quantitative estimate of drug-likeness (QED) is 0.449. The zero-order valence-corrected chi connectivity index (χ0v) is 6.00. The number of halogens is 1. The molecule has 1 aromatic rings. The van der Waals surface area contributed by atoms with Crippen molar-refractivity contribution in [2.24, 2.45) is 0 Å². The summed E-state index contributed by atoms with van der Waals surface area (Å²) in [6, 6.07) is 2.95. The van der Waals surface area contributed by atoms with E-state index >= 15 is 0 Å². The number of hydrogen-bond donors (Lipinski definition) is 1. The second-order valence-corrected chi connectivity index (χ2v) is 1.97. The van der Waals surface area contributed by atoms with Crippen molar-refractivity contribution in [1.29, 1.82) is 5.26 Å². The molecular weight excluding hydrogens is 157 g/mol. The van der Waals surface area contributed by atoms with Crippen molar-refractivity contribution in [1.82, 2.24) is 4.98 Å². The van der Waals surface area contributed by atoms with E-state index in [9.17, 15) is 4.39 Å². The molecule has 0 fully saturated rings. The summed E-state index contributed by atoms with van der Waals surface area (Å²) in [5, 5.41) is 8.10. The molecule has 1 heterocycles. The minimum atomic E-state index is -0.725. The van der Waals surface area contributed by atoms with E-state index in [0.29, 0.717) is 5.56 Å². The number of nitrogens with zero attached hydrogens (tertiary/aromatic N) is 2. The lowest BCUT2D eigenvalue weighted by molar-refractivity contribution is 0.588. The zero-order chi connectivity index (χ0) is 8.97. The third-order valence-corrected chi connectivity index (χ3v) is 1.13. The number of aromatic nitrogens is 1. The van der Waals surface area contributed by atoms with Crippen LogP contribution in [0.15, 0.2) is 12.3 Å². The van der Waals surface area contributed by atoms with Crippen LogP contribution in [0.3, 0.4) is 0 Å². The van der Waals surface area contributed by atoms with Gasteiger partial charge in [-0.15, -0.1) is 0 Å². The van der Waals surface area contributed by atoms with E-state index in [1.807, 2.05) is 0 Å². The first kappa shape index (κ1) is 8.03. The average Bonchev–Trinajstić information content (AvgIpc) is 2.07. The standard InChI is InChI=1S/C8H4FN3/c9-8-7(11)4-6(5-12-8)2-1-3-10/h4-5H,11H2. The highest BCUT2D eigenvalue weighted by atomic mass is 19.1. The number of pyridine rings is 1. The molecule has 0 spiro atoms. The second kappa shape index (κ2) is 3.36. The SMILES string of the molecule is N#CC#Cc1cnc(F)c(N)c1. The van der Waals surface area contributed by atoms with Crippen molar-refractivity contribution in [3.63, 3.8) is 0 Å². The summed E-state index contributed by atoms with van der Waals surface area (Å²) in [6.07, 6.45) is 1.22. The number of nitrogen functional groups attached to an aromatic ring is 1. The summed E-state index contributed by atoms with van der Waals surface area (Å²) >= 11 is 0. The van der Waals surface area contributed by atoms with E-state index in [-0.39, 0.29) is 5.69 Å². The summed E-state index contributed by atoms with van der Waals surface area (Å²) in [5.74, 6) is 3.87. The first-order chi connectivity index (χ1) is 5.74. The van der Waals surface area contributed by atoms with Crippen LogP contribution in [-0.4, -0.2) is 4.98 Å². The van der Waals surface area contributed by atoms with Gasteiger partial charge in [-0.1, -0.05) is 0 Å². The van der Waals surface area contributed by atoms with Crippen LogP contribution in [0.5, 0.6) is 0 Å². The largest absolute Gasteiger partial charge is 0.395 e. The van der Waals surface area contributed by atoms with Gasteiger partial charge in [-0.2, -0.15) is 9.65 Å². The smallest absolute Gasteiger partial charge is 0.236 e. The molecule has 0 unspecified atom stereocenters. The van der Waals surface area contributed by atoms with Crippen LogP contribution in [0.4, 0.5) is 10.1 Å². The first-order valence-electron chi connectivity index (χ1n) is 3.05. The molecule has 3 nitrogen and oxygen atoms in total. The van der Waals surface area contributed by atoms with Crippen molar-refractivity contribution in [3.8, 4) is 17.9 Å². The number of anilines is 1. The van der Waals surface area contributed by atoms with Gasteiger partial charge in [-0.3, -0.25) is 0 Å². The maximum Gasteiger partial charge on any atom is 0.236 e. The molecule has 2 N–H and O–H groups in total. The molecule has 0 aliphatic carbocycles. The van der Waals surface area contributed by atoms with Crippen molar-refractivity contribution < 1.29 is 4.39 Å². The van der Waals surface area contributed by atoms with E-state index in [1.165, 1.54) is 12.3 Å². The Morgan fingerprint density at radius 2 is 2.33 bits per heavy atom. The Morgan fingerprint density at radius 1 is 1.58 bits per heavy atom. The van der Waals surface area contributed by atoms with Crippen LogP contribution < -0.4 is 5.73 Å². The van der Waals surface area contributed by atoms with Gasteiger partial charge in [0.2, 0.25) is 5.95 Å². The molecule has 1 rings (SSSR count). The van der Waals surface area contributed by atoms with E-state index in [4.69, 9.17) is 11.0 Å². The Hall–Kier alpha value is -2.07. The molecule has 0 amide bonds. The van der Waals surface area contributed by atoms with Gasteiger partial charge in [0.15, 0.2) is 6.07 Å². The van der Waals surface area contributed by atoms with E-state index in [0.717, 1.165) is 0 Å². The molecule has 0 saturated carbocycles. The highest BCUT2D eigenvalue weighted by Gasteiger charge is 1.97. The second-order valence-electron chi connectivity index (χ2n) is 1.97. The molecule has 0 aromatic carbocycles. The summed E-state index contributed by atoms with van der Waals surface area (Å²) in [4.78, 5) is 3.33. The maximum atomic E-state index is 12.5. The Bertz CT molecular complexity index is 395. The highest BCUT2D eigenvalue weighted by Crippen LogP contribution is 2.07. The molecule has 0 radical (unpaired) electrons. The van der Waals surface area contributed by atoms with Crippen molar-refractivity contribution in [2.75, 3.05) is 5.73 Å². The summed E-state index contributed by atoms with van der Waals surface area (Å²) in [6.45, 7) is 0. The van der Waals surface area contributed by atoms with Crippen molar-refractivity contribution in [3.05, 3.63) is 23.8 Å². The lowest BCUT2D eigenvalue weighted by atomic mass is 10.2. The van der Waals surface area contributed by atoms with Crippen molar-refractivity contribution in [2.45, 2.75) is 0 Å². The topological polar surface area (TPSA) is 62.7 Å². The Morgan fingerprint density at radius 3 is 2.92 bits per heavy atom. The van der Waals surface area contributed by atoms with Gasteiger partial charge >= 0.3 is 0 Å². The summed E-state index contributed by atoms with van der Waals surface area (Å²) < 4.78 is 12.5. The minimum absolute atomic E-state index is 0.0697.